The summed E-state index contributed by atoms with van der Waals surface area (Å²) >= 11 is 0. The van der Waals surface area contributed by atoms with E-state index >= 15 is 0 Å². The Labute approximate surface area is 228 Å². The molecule has 0 saturated heterocycles. The van der Waals surface area contributed by atoms with E-state index in [0.717, 1.165) is 18.2 Å². The molecule has 1 nitrogen and oxygen atoms in total. The molecule has 0 spiro atoms. The Kier molecular flexibility index (Phi) is 9.45. The first-order valence-electron chi connectivity index (χ1n) is 12.5. The molecule has 0 amide bonds. The molecule has 1 aliphatic rings. The predicted molar refractivity (Wildman–Crippen MR) is 154 cm³/mol. The summed E-state index contributed by atoms with van der Waals surface area (Å²) < 4.78 is 0. The van der Waals surface area contributed by atoms with Gasteiger partial charge in [-0.25, -0.2) is 0 Å². The molecule has 0 radical (unpaired) electrons. The van der Waals surface area contributed by atoms with Crippen LogP contribution < -0.4 is 32.9 Å². The maximum absolute atomic E-state index is 12.4. The van der Waals surface area contributed by atoms with Crippen LogP contribution in [0.2, 0.25) is 0 Å². The molecule has 1 aliphatic carbocycles. The van der Waals surface area contributed by atoms with Crippen LogP contribution in [-0.2, 0) is 4.79 Å². The number of rotatable bonds is 7. The van der Waals surface area contributed by atoms with Gasteiger partial charge in [0.1, 0.15) is 23.2 Å². The highest BCUT2D eigenvalue weighted by Gasteiger charge is 2.44. The second-order valence-corrected chi connectivity index (χ2v) is 13.7. The van der Waals surface area contributed by atoms with Gasteiger partial charge in [-0.2, -0.15) is 0 Å². The van der Waals surface area contributed by atoms with E-state index in [1.165, 1.54) is 27.1 Å². The third kappa shape index (κ3) is 5.88. The Morgan fingerprint density at radius 2 is 1.28 bits per heavy atom. The van der Waals surface area contributed by atoms with Crippen molar-refractivity contribution in [2.45, 2.75) is 40.5 Å². The third-order valence-corrected chi connectivity index (χ3v) is 11.6. The van der Waals surface area contributed by atoms with Gasteiger partial charge < -0.3 is 17.0 Å². The van der Waals surface area contributed by atoms with Gasteiger partial charge in [0, 0.05) is 6.42 Å². The Morgan fingerprint density at radius 1 is 0.833 bits per heavy atom. The lowest BCUT2D eigenvalue weighted by Crippen LogP contribution is -3.00. The van der Waals surface area contributed by atoms with Crippen LogP contribution >= 0.6 is 7.26 Å². The number of hydrogen-bond acceptors (Lipinski definition) is 1. The quantitative estimate of drug-likeness (QED) is 0.314. The lowest BCUT2D eigenvalue weighted by Gasteiger charge is -2.32. The second kappa shape index (κ2) is 12.1. The molecule has 0 atom stereocenters. The lowest BCUT2D eigenvalue weighted by atomic mass is 9.72. The summed E-state index contributed by atoms with van der Waals surface area (Å²) in [5.74, 6) is 0.285. The van der Waals surface area contributed by atoms with Crippen molar-refractivity contribution in [3.05, 3.63) is 126 Å². The highest BCUT2D eigenvalue weighted by molar-refractivity contribution is 7.95. The van der Waals surface area contributed by atoms with Crippen molar-refractivity contribution >= 4 is 29.0 Å². The monoisotopic (exact) mass is 558 g/mol. The number of allylic oxidation sites excluding steroid dienone is 6. The van der Waals surface area contributed by atoms with Gasteiger partial charge in [-0.15, -0.1) is 0 Å². The van der Waals surface area contributed by atoms with Crippen molar-refractivity contribution in [1.82, 2.24) is 0 Å². The van der Waals surface area contributed by atoms with Gasteiger partial charge in [-0.1, -0.05) is 86.2 Å². The molecular formula is C33H36BrOP. The third-order valence-electron chi connectivity index (χ3n) is 7.32. The summed E-state index contributed by atoms with van der Waals surface area (Å²) in [5, 5.41) is 4.17. The zero-order chi connectivity index (χ0) is 24.9. The Hall–Kier alpha value is -2.54. The number of carbonyl (C=O) groups excluding carboxylic acids is 1. The number of halogens is 1. The maximum Gasteiger partial charge on any atom is 0.158 e. The van der Waals surface area contributed by atoms with E-state index in [-0.39, 0.29) is 28.2 Å². The van der Waals surface area contributed by atoms with Gasteiger partial charge in [0.2, 0.25) is 0 Å². The minimum absolute atomic E-state index is 0. The fourth-order valence-electron chi connectivity index (χ4n) is 5.13. The normalized spacial score (nSPS) is 16.2. The standard InChI is InChI=1S/C33H36OP.BrH/c1-26(20-21-31-27(2)32(34)22-24-33(31,3)4)23-25-35(28-14-8-5-9-15-28,29-16-10-6-11-17-29)30-18-12-7-13-19-30;/h5-21,23H,22,24-25H2,1-4H3;1H/q+1;/p-1. The molecule has 4 rings (SSSR count). The van der Waals surface area contributed by atoms with E-state index in [2.05, 4.69) is 130 Å². The van der Waals surface area contributed by atoms with Gasteiger partial charge in [-0.05, 0) is 79.3 Å². The first-order valence-corrected chi connectivity index (χ1v) is 14.5. The van der Waals surface area contributed by atoms with Crippen LogP contribution in [0.25, 0.3) is 0 Å². The highest BCUT2D eigenvalue weighted by Crippen LogP contribution is 2.55. The van der Waals surface area contributed by atoms with Crippen molar-refractivity contribution < 1.29 is 21.8 Å². The fourth-order valence-corrected chi connectivity index (χ4v) is 9.26. The van der Waals surface area contributed by atoms with E-state index in [9.17, 15) is 4.79 Å². The van der Waals surface area contributed by atoms with Gasteiger partial charge in [-0.3, -0.25) is 4.79 Å². The van der Waals surface area contributed by atoms with E-state index in [1.807, 2.05) is 6.92 Å². The first kappa shape index (κ1) is 28.0. The highest BCUT2D eigenvalue weighted by atomic mass is 79.9. The molecular weight excluding hydrogens is 523 g/mol. The summed E-state index contributed by atoms with van der Waals surface area (Å²) in [7, 11) is -1.89. The van der Waals surface area contributed by atoms with Gasteiger partial charge >= 0.3 is 0 Å². The van der Waals surface area contributed by atoms with E-state index in [0.29, 0.717) is 6.42 Å². The second-order valence-electron chi connectivity index (χ2n) is 10.1. The molecule has 0 fully saturated rings. The number of benzene rings is 3. The average Bonchev–Trinajstić information content (AvgIpc) is 2.89. The molecule has 0 saturated carbocycles. The number of ketones is 1. The van der Waals surface area contributed by atoms with E-state index < -0.39 is 7.26 Å². The van der Waals surface area contributed by atoms with Crippen LogP contribution in [0.1, 0.15) is 40.5 Å². The minimum Gasteiger partial charge on any atom is -1.00 e. The molecule has 0 aromatic heterocycles. The molecule has 0 heterocycles. The predicted octanol–water partition coefficient (Wildman–Crippen LogP) is 4.19. The maximum atomic E-state index is 12.4. The van der Waals surface area contributed by atoms with Crippen LogP contribution in [0.15, 0.2) is 126 Å². The summed E-state index contributed by atoms with van der Waals surface area (Å²) in [6.45, 7) is 8.66. The van der Waals surface area contributed by atoms with Crippen LogP contribution in [0.4, 0.5) is 0 Å². The number of hydrogen-bond donors (Lipinski definition) is 0. The summed E-state index contributed by atoms with van der Waals surface area (Å²) in [6, 6.07) is 33.0. The summed E-state index contributed by atoms with van der Waals surface area (Å²) in [5.41, 5.74) is 3.36. The molecule has 3 aromatic carbocycles. The Balaban J connectivity index is 0.00000361. The minimum atomic E-state index is -1.89. The van der Waals surface area contributed by atoms with E-state index in [1.54, 1.807) is 0 Å². The Morgan fingerprint density at radius 3 is 1.72 bits per heavy atom. The average molecular weight is 560 g/mol. The Bertz CT molecular complexity index is 1160. The van der Waals surface area contributed by atoms with Crippen molar-refractivity contribution in [3.8, 4) is 0 Å². The van der Waals surface area contributed by atoms with Crippen molar-refractivity contribution in [2.75, 3.05) is 6.16 Å². The summed E-state index contributed by atoms with van der Waals surface area (Å²) in [4.78, 5) is 12.4. The van der Waals surface area contributed by atoms with Gasteiger partial charge in [0.25, 0.3) is 0 Å². The van der Waals surface area contributed by atoms with Crippen LogP contribution in [0, 0.1) is 5.41 Å². The van der Waals surface area contributed by atoms with E-state index in [4.69, 9.17) is 0 Å². The molecule has 0 bridgehead atoms. The number of carbonyl (C=O) groups is 1. The SMILES string of the molecule is CC(C=CC1=C(C)C(=O)CCC1(C)C)=CC[P+](c1ccccc1)(c1ccccc1)c1ccccc1.[Br-]. The van der Waals surface area contributed by atoms with Crippen molar-refractivity contribution in [3.63, 3.8) is 0 Å². The molecule has 3 heteroatoms. The lowest BCUT2D eigenvalue weighted by molar-refractivity contribution is -0.116. The smallest absolute Gasteiger partial charge is 0.158 e. The molecule has 0 N–H and O–H groups in total. The largest absolute Gasteiger partial charge is 1.00 e. The van der Waals surface area contributed by atoms with Crippen LogP contribution in [0.3, 0.4) is 0 Å². The van der Waals surface area contributed by atoms with Crippen LogP contribution in [-0.4, -0.2) is 11.9 Å². The molecule has 3 aromatic rings. The first-order chi connectivity index (χ1) is 16.8. The molecule has 0 aliphatic heterocycles. The summed E-state index contributed by atoms with van der Waals surface area (Å²) in [6.07, 6.45) is 9.30. The molecule has 0 unspecified atom stereocenters. The van der Waals surface area contributed by atoms with Crippen molar-refractivity contribution in [1.29, 1.82) is 0 Å². The molecule has 36 heavy (non-hydrogen) atoms. The van der Waals surface area contributed by atoms with Gasteiger partial charge in [0.05, 0.1) is 6.16 Å². The topological polar surface area (TPSA) is 17.1 Å². The molecule has 186 valence electrons. The fraction of sp³-hybridized carbons (Fsp3) is 0.242. The van der Waals surface area contributed by atoms with Crippen molar-refractivity contribution in [2.24, 2.45) is 5.41 Å². The zero-order valence-corrected chi connectivity index (χ0v) is 24.2. The number of Topliss-reactive ketones (excluding diaryl/α,β-unsaturated/α-hetero) is 1. The zero-order valence-electron chi connectivity index (χ0n) is 21.7. The van der Waals surface area contributed by atoms with Crippen LogP contribution in [0.5, 0.6) is 0 Å². The van der Waals surface area contributed by atoms with Gasteiger partial charge in [0.15, 0.2) is 5.78 Å².